The van der Waals surface area contributed by atoms with Crippen molar-refractivity contribution < 1.29 is 8.78 Å². The molecule has 0 saturated carbocycles. The summed E-state index contributed by atoms with van der Waals surface area (Å²) in [6, 6.07) is 25.6. The Balaban J connectivity index is 1.75. The molecule has 0 saturated heterocycles. The van der Waals surface area contributed by atoms with Crippen LogP contribution >= 0.6 is 0 Å². The second-order valence-corrected chi connectivity index (χ2v) is 6.51. The highest BCUT2D eigenvalue weighted by Gasteiger charge is 2.30. The number of hydrogen-bond donors (Lipinski definition) is 0. The normalized spacial score (nSPS) is 12.2. The summed E-state index contributed by atoms with van der Waals surface area (Å²) < 4.78 is 26.8. The fourth-order valence-corrected chi connectivity index (χ4v) is 3.56. The summed E-state index contributed by atoms with van der Waals surface area (Å²) in [6.45, 7) is 0. The molecule has 0 heterocycles. The Labute approximate surface area is 150 Å². The van der Waals surface area contributed by atoms with Gasteiger partial charge in [-0.25, -0.2) is 8.78 Å². The van der Waals surface area contributed by atoms with Crippen LogP contribution in [0, 0.1) is 11.6 Å². The zero-order chi connectivity index (χ0) is 17.7. The van der Waals surface area contributed by atoms with Gasteiger partial charge in [-0.1, -0.05) is 48.5 Å². The highest BCUT2D eigenvalue weighted by molar-refractivity contribution is 6.18. The molecule has 0 atom stereocenters. The molecule has 26 heavy (non-hydrogen) atoms. The first-order valence-electron chi connectivity index (χ1n) is 8.50. The molecule has 0 amide bonds. The monoisotopic (exact) mass is 340 g/mol. The maximum atomic E-state index is 13.4. The van der Waals surface area contributed by atoms with Crippen LogP contribution in [0.3, 0.4) is 0 Å². The van der Waals surface area contributed by atoms with Gasteiger partial charge in [0, 0.05) is 0 Å². The molecule has 0 unspecified atom stereocenters. The predicted octanol–water partition coefficient (Wildman–Crippen LogP) is 6.44. The average Bonchev–Trinajstić information content (AvgIpc) is 3.35. The molecule has 0 fully saturated rings. The van der Waals surface area contributed by atoms with Gasteiger partial charge < -0.3 is 0 Å². The second-order valence-electron chi connectivity index (χ2n) is 6.51. The van der Waals surface area contributed by atoms with E-state index in [1.807, 2.05) is 12.1 Å². The van der Waals surface area contributed by atoms with Gasteiger partial charge in [-0.3, -0.25) is 0 Å². The molecule has 1 aliphatic rings. The number of halogens is 2. The van der Waals surface area contributed by atoms with Crippen LogP contribution in [0.5, 0.6) is 0 Å². The average molecular weight is 340 g/mol. The molecule has 0 aliphatic heterocycles. The van der Waals surface area contributed by atoms with Crippen molar-refractivity contribution in [3.8, 4) is 0 Å². The molecule has 0 bridgehead atoms. The first kappa shape index (κ1) is 15.0. The van der Waals surface area contributed by atoms with Gasteiger partial charge in [0.25, 0.3) is 0 Å². The molecule has 4 aromatic carbocycles. The molecule has 4 aromatic rings. The Bertz CT molecular complexity index is 1080. The van der Waals surface area contributed by atoms with E-state index in [1.165, 1.54) is 46.2 Å². The minimum Gasteiger partial charge on any atom is -0.207 e. The van der Waals surface area contributed by atoms with Crippen molar-refractivity contribution in [1.29, 1.82) is 0 Å². The smallest absolute Gasteiger partial charge is 0.123 e. The van der Waals surface area contributed by atoms with E-state index < -0.39 is 0 Å². The minimum absolute atomic E-state index is 0.267. The fraction of sp³-hybridized carbons (Fsp3) is 0. The minimum atomic E-state index is -0.267. The molecule has 0 spiro atoms. The number of rotatable bonds is 2. The Morgan fingerprint density at radius 1 is 0.538 bits per heavy atom. The van der Waals surface area contributed by atoms with Crippen molar-refractivity contribution in [3.63, 3.8) is 0 Å². The van der Waals surface area contributed by atoms with Crippen molar-refractivity contribution in [2.24, 2.45) is 0 Å². The lowest BCUT2D eigenvalue weighted by molar-refractivity contribution is 0.627. The van der Waals surface area contributed by atoms with Gasteiger partial charge in [-0.05, 0) is 80.6 Å². The second kappa shape index (κ2) is 5.63. The van der Waals surface area contributed by atoms with Gasteiger partial charge >= 0.3 is 0 Å². The molecular formula is C24H14F2. The highest BCUT2D eigenvalue weighted by Crippen LogP contribution is 2.50. The van der Waals surface area contributed by atoms with Crippen LogP contribution in [0.4, 0.5) is 8.78 Å². The van der Waals surface area contributed by atoms with Crippen LogP contribution in [-0.4, -0.2) is 0 Å². The van der Waals surface area contributed by atoms with Crippen LogP contribution in [0.15, 0.2) is 84.9 Å². The van der Waals surface area contributed by atoms with Gasteiger partial charge in [0.05, 0.1) is 0 Å². The summed E-state index contributed by atoms with van der Waals surface area (Å²) in [6.07, 6.45) is 0. The molecule has 0 N–H and O–H groups in total. The Morgan fingerprint density at radius 3 is 1.38 bits per heavy atom. The molecule has 0 radical (unpaired) electrons. The van der Waals surface area contributed by atoms with Gasteiger partial charge in [0.2, 0.25) is 0 Å². The number of fused-ring (bicyclic) bond motifs is 2. The summed E-state index contributed by atoms with van der Waals surface area (Å²) in [7, 11) is 0. The van der Waals surface area contributed by atoms with Crippen molar-refractivity contribution in [3.05, 3.63) is 119 Å². The van der Waals surface area contributed by atoms with Crippen LogP contribution in [0.1, 0.15) is 22.3 Å². The Kier molecular flexibility index (Phi) is 3.26. The molecular weight excluding hydrogens is 326 g/mol. The topological polar surface area (TPSA) is 0 Å². The van der Waals surface area contributed by atoms with Crippen LogP contribution in [-0.2, 0) is 0 Å². The molecule has 5 rings (SSSR count). The summed E-state index contributed by atoms with van der Waals surface area (Å²) in [4.78, 5) is 0. The van der Waals surface area contributed by atoms with Gasteiger partial charge in [-0.15, -0.1) is 0 Å². The van der Waals surface area contributed by atoms with Crippen molar-refractivity contribution >= 4 is 21.9 Å². The predicted molar refractivity (Wildman–Crippen MR) is 102 cm³/mol. The lowest BCUT2D eigenvalue weighted by atomic mass is 9.96. The van der Waals surface area contributed by atoms with E-state index in [0.717, 1.165) is 22.3 Å². The lowest BCUT2D eigenvalue weighted by Crippen LogP contribution is -1.89. The van der Waals surface area contributed by atoms with E-state index in [9.17, 15) is 8.78 Å². The van der Waals surface area contributed by atoms with Gasteiger partial charge in [-0.2, -0.15) is 0 Å². The molecule has 2 heteroatoms. The van der Waals surface area contributed by atoms with Crippen molar-refractivity contribution in [2.45, 2.75) is 0 Å². The van der Waals surface area contributed by atoms with E-state index in [2.05, 4.69) is 24.3 Å². The zero-order valence-electron chi connectivity index (χ0n) is 13.8. The Morgan fingerprint density at radius 2 is 0.962 bits per heavy atom. The van der Waals surface area contributed by atoms with E-state index in [0.29, 0.717) is 0 Å². The third kappa shape index (κ3) is 2.42. The fourth-order valence-electron chi connectivity index (χ4n) is 3.56. The first-order chi connectivity index (χ1) is 12.7. The summed E-state index contributed by atoms with van der Waals surface area (Å²) >= 11 is 0. The number of benzene rings is 4. The summed E-state index contributed by atoms with van der Waals surface area (Å²) in [5.41, 5.74) is 6.41. The molecule has 124 valence electrons. The third-order valence-electron chi connectivity index (χ3n) is 4.88. The lowest BCUT2D eigenvalue weighted by Gasteiger charge is -2.08. The maximum absolute atomic E-state index is 13.4. The van der Waals surface area contributed by atoms with Gasteiger partial charge in [0.15, 0.2) is 0 Å². The van der Waals surface area contributed by atoms with Crippen LogP contribution in [0.2, 0.25) is 0 Å². The van der Waals surface area contributed by atoms with E-state index in [1.54, 1.807) is 24.3 Å². The molecule has 1 aliphatic carbocycles. The zero-order valence-corrected chi connectivity index (χ0v) is 13.8. The summed E-state index contributed by atoms with van der Waals surface area (Å²) in [5, 5.41) is 2.39. The van der Waals surface area contributed by atoms with Crippen molar-refractivity contribution in [2.75, 3.05) is 0 Å². The summed E-state index contributed by atoms with van der Waals surface area (Å²) in [5.74, 6) is -0.535. The molecule has 0 nitrogen and oxygen atoms in total. The third-order valence-corrected chi connectivity index (χ3v) is 4.88. The highest BCUT2D eigenvalue weighted by atomic mass is 19.1. The Hall–Kier alpha value is -3.26. The first-order valence-corrected chi connectivity index (χ1v) is 8.50. The largest absolute Gasteiger partial charge is 0.207 e. The van der Waals surface area contributed by atoms with E-state index >= 15 is 0 Å². The van der Waals surface area contributed by atoms with Crippen LogP contribution < -0.4 is 0 Å². The number of hydrogen-bond acceptors (Lipinski definition) is 0. The SMILES string of the molecule is Fc1ccc(C(=C2c3cc4ccccc4cc32)c2ccc(F)cc2)cc1. The van der Waals surface area contributed by atoms with Gasteiger partial charge in [0.1, 0.15) is 11.6 Å². The van der Waals surface area contributed by atoms with Crippen molar-refractivity contribution in [1.82, 2.24) is 0 Å². The standard InChI is InChI=1S/C24H14F2/c25-19-9-5-15(6-10-19)23(16-7-11-20(26)12-8-16)24-21-13-17-3-1-2-4-18(17)14-22(21)24/h1-14H. The van der Waals surface area contributed by atoms with Crippen LogP contribution in [0.25, 0.3) is 21.9 Å². The quantitative estimate of drug-likeness (QED) is 0.347. The molecule has 0 aromatic heterocycles. The maximum Gasteiger partial charge on any atom is 0.123 e. The van der Waals surface area contributed by atoms with E-state index in [4.69, 9.17) is 0 Å². The van der Waals surface area contributed by atoms with E-state index in [-0.39, 0.29) is 11.6 Å².